The van der Waals surface area contributed by atoms with Crippen LogP contribution in [0.5, 0.6) is 0 Å². The van der Waals surface area contributed by atoms with Crippen LogP contribution in [0.25, 0.3) is 10.2 Å². The second kappa shape index (κ2) is 8.31. The van der Waals surface area contributed by atoms with Crippen LogP contribution in [0.3, 0.4) is 0 Å². The summed E-state index contributed by atoms with van der Waals surface area (Å²) in [5, 5.41) is 0.192. The van der Waals surface area contributed by atoms with E-state index in [0.29, 0.717) is 17.5 Å². The van der Waals surface area contributed by atoms with Crippen LogP contribution in [-0.4, -0.2) is 24.9 Å². The Morgan fingerprint density at radius 3 is 2.48 bits per heavy atom. The second-order valence-electron chi connectivity index (χ2n) is 5.55. The number of hydrogen-bond acceptors (Lipinski definition) is 6. The Morgan fingerprint density at radius 2 is 1.84 bits per heavy atom. The molecule has 0 amide bonds. The fourth-order valence-corrected chi connectivity index (χ4v) is 9.92. The van der Waals surface area contributed by atoms with E-state index in [-0.39, 0.29) is 9.59 Å². The zero-order valence-electron chi connectivity index (χ0n) is 12.9. The summed E-state index contributed by atoms with van der Waals surface area (Å²) in [5.41, 5.74) is 0.646. The quantitative estimate of drug-likeness (QED) is 0.376. The van der Waals surface area contributed by atoms with Crippen molar-refractivity contribution in [1.29, 1.82) is 0 Å². The summed E-state index contributed by atoms with van der Waals surface area (Å²) in [6.45, 7) is 0. The highest BCUT2D eigenvalue weighted by atomic mass is 35.6. The molecule has 0 aliphatic heterocycles. The van der Waals surface area contributed by atoms with Crippen molar-refractivity contribution >= 4 is 90.3 Å². The molecule has 0 saturated heterocycles. The van der Waals surface area contributed by atoms with E-state index < -0.39 is 13.1 Å². The molecule has 4 nitrogen and oxygen atoms in total. The molecular weight excluding hydrogens is 463 g/mol. The number of aromatic nitrogens is 1. The highest BCUT2D eigenvalue weighted by Crippen LogP contribution is 2.49. The fraction of sp³-hybridized carbons (Fsp3) is 0.500. The van der Waals surface area contributed by atoms with Gasteiger partial charge in [-0.15, -0.1) is 11.3 Å². The van der Waals surface area contributed by atoms with Gasteiger partial charge in [-0.3, -0.25) is 0 Å². The lowest BCUT2D eigenvalue weighted by molar-refractivity contribution is 0.513. The van der Waals surface area contributed by atoms with E-state index in [1.54, 1.807) is 6.07 Å². The van der Waals surface area contributed by atoms with Gasteiger partial charge in [-0.2, -0.15) is 0 Å². The van der Waals surface area contributed by atoms with Gasteiger partial charge < -0.3 is 0 Å². The Hall–Kier alpha value is 0.590. The highest BCUT2D eigenvalue weighted by Gasteiger charge is 2.38. The van der Waals surface area contributed by atoms with Crippen molar-refractivity contribution in [3.63, 3.8) is 0 Å². The average molecular weight is 478 g/mol. The zero-order chi connectivity index (χ0) is 18.1. The number of sulfonamides is 1. The van der Waals surface area contributed by atoms with Gasteiger partial charge in [0.05, 0.1) is 10.2 Å². The molecule has 0 spiro atoms. The molecule has 2 aromatic rings. The number of rotatable bonds is 5. The molecule has 3 rings (SSSR count). The lowest BCUT2D eigenvalue weighted by atomic mass is 10.0. The minimum absolute atomic E-state index is 0.0127. The third kappa shape index (κ3) is 5.31. The second-order valence-corrected chi connectivity index (χ2v) is 14.6. The lowest BCUT2D eigenvalue weighted by Crippen LogP contribution is -2.25. The summed E-state index contributed by atoms with van der Waals surface area (Å²) < 4.78 is 26.4. The molecule has 0 bridgehead atoms. The van der Waals surface area contributed by atoms with Crippen molar-refractivity contribution < 1.29 is 8.42 Å². The van der Waals surface area contributed by atoms with Crippen LogP contribution in [-0.2, 0) is 10.0 Å². The minimum Gasteiger partial charge on any atom is -0.224 e. The van der Waals surface area contributed by atoms with Gasteiger partial charge in [0.15, 0.2) is 0 Å². The van der Waals surface area contributed by atoms with Crippen molar-refractivity contribution in [2.45, 2.75) is 44.8 Å². The van der Waals surface area contributed by atoms with Crippen LogP contribution in [0.15, 0.2) is 28.6 Å². The fourth-order valence-electron chi connectivity index (χ4n) is 2.53. The molecule has 0 unspecified atom stereocenters. The van der Waals surface area contributed by atoms with Crippen molar-refractivity contribution in [3.8, 4) is 0 Å². The number of halogens is 3. The summed E-state index contributed by atoms with van der Waals surface area (Å²) in [7, 11) is -3.88. The standard InChI is InChI=1S/C14H15Cl3N2O2S4/c15-14(16,17)24-19(23-10-6-2-1-3-7-10)25(20,21)13-18-11-8-4-5-9-12(11)22-13/h4-5,8-10H,1-3,6-7H2. The lowest BCUT2D eigenvalue weighted by Gasteiger charge is -2.28. The van der Waals surface area contributed by atoms with E-state index in [1.807, 2.05) is 18.2 Å². The van der Waals surface area contributed by atoms with Gasteiger partial charge in [-0.05, 0) is 36.9 Å². The topological polar surface area (TPSA) is 50.3 Å². The molecular formula is C14H15Cl3N2O2S4. The van der Waals surface area contributed by atoms with Gasteiger partial charge >= 0.3 is 0 Å². The van der Waals surface area contributed by atoms with E-state index in [0.717, 1.165) is 44.8 Å². The van der Waals surface area contributed by atoms with E-state index in [9.17, 15) is 8.42 Å². The van der Waals surface area contributed by atoms with Gasteiger partial charge in [0, 0.05) is 17.2 Å². The number of para-hydroxylation sites is 1. The van der Waals surface area contributed by atoms with Gasteiger partial charge in [0.2, 0.25) is 4.34 Å². The summed E-state index contributed by atoms with van der Waals surface area (Å²) in [6.07, 6.45) is 5.27. The molecule has 1 saturated carbocycles. The van der Waals surface area contributed by atoms with Crippen LogP contribution in [0.4, 0.5) is 0 Å². The Labute approximate surface area is 174 Å². The number of hydrogen-bond donors (Lipinski definition) is 0. The molecule has 11 heteroatoms. The van der Waals surface area contributed by atoms with Crippen LogP contribution in [0.1, 0.15) is 32.1 Å². The van der Waals surface area contributed by atoms with E-state index in [4.69, 9.17) is 34.8 Å². The molecule has 0 N–H and O–H groups in total. The number of alkyl halides is 3. The molecule has 0 radical (unpaired) electrons. The summed E-state index contributed by atoms with van der Waals surface area (Å²) in [5.74, 6) is 0. The molecule has 1 heterocycles. The highest BCUT2D eigenvalue weighted by molar-refractivity contribution is 8.25. The van der Waals surface area contributed by atoms with Gasteiger partial charge in [-0.1, -0.05) is 69.3 Å². The maximum atomic E-state index is 13.1. The molecule has 1 aliphatic carbocycles. The van der Waals surface area contributed by atoms with E-state index in [2.05, 4.69) is 4.98 Å². The first-order valence-electron chi connectivity index (χ1n) is 7.59. The number of fused-ring (bicyclic) bond motifs is 1. The first-order chi connectivity index (χ1) is 11.8. The van der Waals surface area contributed by atoms with Gasteiger partial charge in [-0.25, -0.2) is 13.4 Å². The third-order valence-electron chi connectivity index (χ3n) is 3.66. The maximum absolute atomic E-state index is 13.1. The van der Waals surface area contributed by atoms with Crippen molar-refractivity contribution in [1.82, 2.24) is 8.10 Å². The molecule has 1 fully saturated rings. The summed E-state index contributed by atoms with van der Waals surface area (Å²) in [4.78, 5) is 4.26. The average Bonchev–Trinajstić information content (AvgIpc) is 2.99. The zero-order valence-corrected chi connectivity index (χ0v) is 18.4. The predicted molar refractivity (Wildman–Crippen MR) is 111 cm³/mol. The van der Waals surface area contributed by atoms with Crippen LogP contribution in [0, 0.1) is 0 Å². The molecule has 25 heavy (non-hydrogen) atoms. The van der Waals surface area contributed by atoms with Crippen molar-refractivity contribution in [2.75, 3.05) is 0 Å². The number of nitrogens with zero attached hydrogens (tertiary/aromatic N) is 2. The van der Waals surface area contributed by atoms with Crippen molar-refractivity contribution in [2.24, 2.45) is 0 Å². The Bertz CT molecular complexity index is 799. The predicted octanol–water partition coefficient (Wildman–Crippen LogP) is 6.24. The molecule has 1 aromatic carbocycles. The van der Waals surface area contributed by atoms with Crippen LogP contribution in [0.2, 0.25) is 0 Å². The van der Waals surface area contributed by atoms with Crippen molar-refractivity contribution in [3.05, 3.63) is 24.3 Å². The smallest absolute Gasteiger partial charge is 0.224 e. The van der Waals surface area contributed by atoms with Gasteiger partial charge in [0.1, 0.15) is 0 Å². The maximum Gasteiger partial charge on any atom is 0.289 e. The minimum atomic E-state index is -3.88. The largest absolute Gasteiger partial charge is 0.289 e. The normalized spacial score (nSPS) is 17.4. The number of thiazole rings is 1. The van der Waals surface area contributed by atoms with Gasteiger partial charge in [0.25, 0.3) is 13.1 Å². The Balaban J connectivity index is 1.91. The Morgan fingerprint density at radius 1 is 1.16 bits per heavy atom. The molecule has 1 aliphatic rings. The summed E-state index contributed by atoms with van der Waals surface area (Å²) >= 11 is 20.7. The van der Waals surface area contributed by atoms with E-state index >= 15 is 0 Å². The summed E-state index contributed by atoms with van der Waals surface area (Å²) in [6, 6.07) is 7.29. The van der Waals surface area contributed by atoms with E-state index in [1.165, 1.54) is 18.4 Å². The number of benzene rings is 1. The van der Waals surface area contributed by atoms with Crippen LogP contribution >= 0.6 is 70.0 Å². The monoisotopic (exact) mass is 476 g/mol. The molecule has 138 valence electrons. The SMILES string of the molecule is O=S(=O)(c1nc2ccccc2s1)N(SC1CCCCC1)SC(Cl)(Cl)Cl. The third-order valence-corrected chi connectivity index (χ3v) is 10.4. The Kier molecular flexibility index (Phi) is 6.75. The molecule has 0 atom stereocenters. The van der Waals surface area contributed by atoms with Crippen LogP contribution < -0.4 is 0 Å². The molecule has 1 aromatic heterocycles. The first-order valence-corrected chi connectivity index (χ1v) is 12.6. The first kappa shape index (κ1) is 20.3.